The van der Waals surface area contributed by atoms with Gasteiger partial charge in [-0.1, -0.05) is 12.2 Å². The number of aromatic nitrogens is 2. The van der Waals surface area contributed by atoms with Crippen LogP contribution in [0, 0.1) is 0 Å². The van der Waals surface area contributed by atoms with Crippen LogP contribution in [0.5, 0.6) is 5.75 Å². The van der Waals surface area contributed by atoms with E-state index in [1.807, 2.05) is 0 Å². The van der Waals surface area contributed by atoms with Crippen molar-refractivity contribution >= 4 is 5.82 Å². The van der Waals surface area contributed by atoms with Crippen molar-refractivity contribution in [2.45, 2.75) is 18.9 Å². The number of methoxy groups -OCH3 is 1. The molecule has 74 valence electrons. The SMILES string of the molecule is COc1cncnc1NC1CC=CC1. The maximum absolute atomic E-state index is 5.15. The summed E-state index contributed by atoms with van der Waals surface area (Å²) in [5.74, 6) is 1.47. The van der Waals surface area contributed by atoms with E-state index in [4.69, 9.17) is 4.74 Å². The average Bonchev–Trinajstić information content (AvgIpc) is 2.71. The van der Waals surface area contributed by atoms with Crippen molar-refractivity contribution in [2.75, 3.05) is 12.4 Å². The fraction of sp³-hybridized carbons (Fsp3) is 0.400. The number of hydrogen-bond acceptors (Lipinski definition) is 4. The lowest BCUT2D eigenvalue weighted by atomic mass is 10.2. The van der Waals surface area contributed by atoms with E-state index >= 15 is 0 Å². The van der Waals surface area contributed by atoms with Gasteiger partial charge in [-0.25, -0.2) is 9.97 Å². The lowest BCUT2D eigenvalue weighted by molar-refractivity contribution is 0.412. The Morgan fingerprint density at radius 3 is 2.93 bits per heavy atom. The lowest BCUT2D eigenvalue weighted by Gasteiger charge is -2.14. The number of ether oxygens (including phenoxy) is 1. The Morgan fingerprint density at radius 2 is 2.21 bits per heavy atom. The molecule has 4 heteroatoms. The monoisotopic (exact) mass is 191 g/mol. The van der Waals surface area contributed by atoms with E-state index in [0.29, 0.717) is 11.8 Å². The van der Waals surface area contributed by atoms with Gasteiger partial charge in [0.1, 0.15) is 6.33 Å². The molecule has 0 aromatic carbocycles. The van der Waals surface area contributed by atoms with E-state index < -0.39 is 0 Å². The molecule has 14 heavy (non-hydrogen) atoms. The van der Waals surface area contributed by atoms with E-state index in [9.17, 15) is 0 Å². The van der Waals surface area contributed by atoms with Gasteiger partial charge in [0, 0.05) is 6.04 Å². The molecule has 1 heterocycles. The van der Waals surface area contributed by atoms with Crippen LogP contribution in [0.2, 0.25) is 0 Å². The highest BCUT2D eigenvalue weighted by Gasteiger charge is 2.12. The molecule has 0 saturated carbocycles. The number of hydrogen-bond donors (Lipinski definition) is 1. The molecule has 0 fully saturated rings. The Labute approximate surface area is 83.0 Å². The predicted octanol–water partition coefficient (Wildman–Crippen LogP) is 1.62. The summed E-state index contributed by atoms with van der Waals surface area (Å²) in [5, 5.41) is 3.32. The van der Waals surface area contributed by atoms with Gasteiger partial charge in [0.15, 0.2) is 11.6 Å². The summed E-state index contributed by atoms with van der Waals surface area (Å²) in [6.45, 7) is 0. The summed E-state index contributed by atoms with van der Waals surface area (Å²) < 4.78 is 5.15. The molecule has 1 aliphatic carbocycles. The van der Waals surface area contributed by atoms with Crippen molar-refractivity contribution in [3.8, 4) is 5.75 Å². The minimum Gasteiger partial charge on any atom is -0.491 e. The van der Waals surface area contributed by atoms with Crippen molar-refractivity contribution in [2.24, 2.45) is 0 Å². The van der Waals surface area contributed by atoms with Crippen LogP contribution in [0.4, 0.5) is 5.82 Å². The van der Waals surface area contributed by atoms with Crippen LogP contribution in [0.15, 0.2) is 24.7 Å². The second-order valence-electron chi connectivity index (χ2n) is 3.22. The molecule has 1 N–H and O–H groups in total. The van der Waals surface area contributed by atoms with Gasteiger partial charge in [0.05, 0.1) is 13.3 Å². The molecule has 0 bridgehead atoms. The van der Waals surface area contributed by atoms with Gasteiger partial charge < -0.3 is 10.1 Å². The summed E-state index contributed by atoms with van der Waals surface area (Å²) in [7, 11) is 1.62. The zero-order valence-corrected chi connectivity index (χ0v) is 8.10. The molecule has 0 spiro atoms. The van der Waals surface area contributed by atoms with Gasteiger partial charge in [-0.2, -0.15) is 0 Å². The van der Waals surface area contributed by atoms with Crippen molar-refractivity contribution in [1.29, 1.82) is 0 Å². The van der Waals surface area contributed by atoms with Crippen LogP contribution in [-0.4, -0.2) is 23.1 Å². The normalized spacial score (nSPS) is 15.8. The molecule has 0 atom stereocenters. The minimum atomic E-state index is 0.443. The first-order valence-corrected chi connectivity index (χ1v) is 4.65. The van der Waals surface area contributed by atoms with E-state index in [1.54, 1.807) is 13.3 Å². The minimum absolute atomic E-state index is 0.443. The zero-order valence-electron chi connectivity index (χ0n) is 8.10. The fourth-order valence-corrected chi connectivity index (χ4v) is 1.50. The number of rotatable bonds is 3. The van der Waals surface area contributed by atoms with E-state index in [2.05, 4.69) is 27.4 Å². The highest BCUT2D eigenvalue weighted by Crippen LogP contribution is 2.22. The van der Waals surface area contributed by atoms with Crippen molar-refractivity contribution in [3.05, 3.63) is 24.7 Å². The summed E-state index contributed by atoms with van der Waals surface area (Å²) >= 11 is 0. The van der Waals surface area contributed by atoms with Crippen LogP contribution >= 0.6 is 0 Å². The third kappa shape index (κ3) is 1.84. The maximum Gasteiger partial charge on any atom is 0.179 e. The molecule has 0 unspecified atom stereocenters. The molecule has 0 saturated heterocycles. The largest absolute Gasteiger partial charge is 0.491 e. The second-order valence-corrected chi connectivity index (χ2v) is 3.22. The summed E-state index contributed by atoms with van der Waals surface area (Å²) in [6.07, 6.45) is 9.63. The predicted molar refractivity (Wildman–Crippen MR) is 54.4 cm³/mol. The van der Waals surface area contributed by atoms with Gasteiger partial charge in [0.25, 0.3) is 0 Å². The summed E-state index contributed by atoms with van der Waals surface area (Å²) in [6, 6.07) is 0.443. The first kappa shape index (κ1) is 8.99. The van der Waals surface area contributed by atoms with Gasteiger partial charge in [-0.05, 0) is 12.8 Å². The van der Waals surface area contributed by atoms with Gasteiger partial charge in [-0.15, -0.1) is 0 Å². The van der Waals surface area contributed by atoms with Crippen LogP contribution < -0.4 is 10.1 Å². The first-order chi connectivity index (χ1) is 6.90. The Bertz CT molecular complexity index is 330. The molecule has 0 radical (unpaired) electrons. The van der Waals surface area contributed by atoms with Crippen LogP contribution in [-0.2, 0) is 0 Å². The highest BCUT2D eigenvalue weighted by atomic mass is 16.5. The number of anilines is 1. The standard InChI is InChI=1S/C10H13N3O/c1-14-9-6-11-7-12-10(9)13-8-4-2-3-5-8/h2-3,6-8H,4-5H2,1H3,(H,11,12,13). The number of nitrogens with one attached hydrogen (secondary N) is 1. The van der Waals surface area contributed by atoms with E-state index in [-0.39, 0.29) is 0 Å². The smallest absolute Gasteiger partial charge is 0.179 e. The van der Waals surface area contributed by atoms with E-state index in [0.717, 1.165) is 18.7 Å². The van der Waals surface area contributed by atoms with Crippen LogP contribution in [0.3, 0.4) is 0 Å². The Kier molecular flexibility index (Phi) is 2.62. The maximum atomic E-state index is 5.15. The van der Waals surface area contributed by atoms with Crippen molar-refractivity contribution < 1.29 is 4.74 Å². The quantitative estimate of drug-likeness (QED) is 0.737. The van der Waals surface area contributed by atoms with Gasteiger partial charge in [-0.3, -0.25) is 0 Å². The molecule has 1 aromatic heterocycles. The first-order valence-electron chi connectivity index (χ1n) is 4.65. The fourth-order valence-electron chi connectivity index (χ4n) is 1.50. The molecule has 4 nitrogen and oxygen atoms in total. The molecule has 1 aliphatic rings. The average molecular weight is 191 g/mol. The summed E-state index contributed by atoms with van der Waals surface area (Å²) in [5.41, 5.74) is 0. The van der Waals surface area contributed by atoms with Crippen molar-refractivity contribution in [3.63, 3.8) is 0 Å². The molecule has 2 rings (SSSR count). The van der Waals surface area contributed by atoms with Crippen molar-refractivity contribution in [1.82, 2.24) is 9.97 Å². The Hall–Kier alpha value is -1.58. The Balaban J connectivity index is 2.07. The lowest BCUT2D eigenvalue weighted by Crippen LogP contribution is -2.16. The van der Waals surface area contributed by atoms with E-state index in [1.165, 1.54) is 6.33 Å². The van der Waals surface area contributed by atoms with Gasteiger partial charge >= 0.3 is 0 Å². The molecular weight excluding hydrogens is 178 g/mol. The molecule has 0 aliphatic heterocycles. The number of nitrogens with zero attached hydrogens (tertiary/aromatic N) is 2. The highest BCUT2D eigenvalue weighted by molar-refractivity contribution is 5.48. The Morgan fingerprint density at radius 1 is 1.43 bits per heavy atom. The third-order valence-corrected chi connectivity index (χ3v) is 2.25. The zero-order chi connectivity index (χ0) is 9.80. The van der Waals surface area contributed by atoms with Gasteiger partial charge in [0.2, 0.25) is 0 Å². The van der Waals surface area contributed by atoms with Crippen LogP contribution in [0.25, 0.3) is 0 Å². The molecule has 0 amide bonds. The topological polar surface area (TPSA) is 47.0 Å². The second kappa shape index (κ2) is 4.09. The third-order valence-electron chi connectivity index (χ3n) is 2.25. The van der Waals surface area contributed by atoms with Crippen LogP contribution in [0.1, 0.15) is 12.8 Å². The molecule has 1 aromatic rings. The summed E-state index contributed by atoms with van der Waals surface area (Å²) in [4.78, 5) is 8.04. The molecular formula is C10H13N3O.